The molecule has 0 fully saturated rings. The van der Waals surface area contributed by atoms with Crippen LogP contribution in [-0.4, -0.2) is 18.6 Å². The fourth-order valence-electron chi connectivity index (χ4n) is 1.40. The molecule has 0 saturated carbocycles. The molecule has 0 heterocycles. The predicted octanol–water partition coefficient (Wildman–Crippen LogP) is 2.57. The summed E-state index contributed by atoms with van der Waals surface area (Å²) in [4.78, 5) is 11.6. The van der Waals surface area contributed by atoms with E-state index in [1.54, 1.807) is 6.92 Å². The fraction of sp³-hybridized carbons (Fsp3) is 0.462. The van der Waals surface area contributed by atoms with Crippen molar-refractivity contribution in [1.82, 2.24) is 0 Å². The average Bonchev–Trinajstić information content (AvgIpc) is 2.26. The topological polar surface area (TPSA) is 64.3 Å². The molecule has 18 heavy (non-hydrogen) atoms. The minimum absolute atomic E-state index is 0. The van der Waals surface area contributed by atoms with E-state index in [2.05, 4.69) is 5.32 Å². The number of hydrogen-bond acceptors (Lipinski definition) is 3. The summed E-state index contributed by atoms with van der Waals surface area (Å²) >= 11 is 0. The number of amides is 1. The third kappa shape index (κ3) is 5.89. The summed E-state index contributed by atoms with van der Waals surface area (Å²) in [6, 6.07) is 7.27. The van der Waals surface area contributed by atoms with Crippen LogP contribution in [0.25, 0.3) is 0 Å². The lowest BCUT2D eigenvalue weighted by Crippen LogP contribution is -2.24. The normalized spacial score (nSPS) is 11.3. The Hall–Kier alpha value is -1.26. The maximum absolute atomic E-state index is 11.6. The monoisotopic (exact) mass is 272 g/mol. The van der Waals surface area contributed by atoms with E-state index < -0.39 is 0 Å². The van der Waals surface area contributed by atoms with Gasteiger partial charge in [-0.05, 0) is 25.5 Å². The number of benzene rings is 1. The highest BCUT2D eigenvalue weighted by atomic mass is 35.5. The van der Waals surface area contributed by atoms with Crippen molar-refractivity contribution in [3.8, 4) is 5.75 Å². The summed E-state index contributed by atoms with van der Waals surface area (Å²) in [5.74, 6) is 0.611. The largest absolute Gasteiger partial charge is 0.491 e. The Morgan fingerprint density at radius 1 is 1.44 bits per heavy atom. The van der Waals surface area contributed by atoms with Gasteiger partial charge >= 0.3 is 0 Å². The van der Waals surface area contributed by atoms with Gasteiger partial charge in [-0.3, -0.25) is 4.79 Å². The molecule has 0 spiro atoms. The van der Waals surface area contributed by atoms with Crippen molar-refractivity contribution in [1.29, 1.82) is 0 Å². The number of ether oxygens (including phenoxy) is 1. The highest BCUT2D eigenvalue weighted by Crippen LogP contribution is 2.23. The molecule has 4 nitrogen and oxygen atoms in total. The summed E-state index contributed by atoms with van der Waals surface area (Å²) in [5.41, 5.74) is 6.27. The molecule has 0 aliphatic carbocycles. The van der Waals surface area contributed by atoms with Crippen molar-refractivity contribution in [2.75, 3.05) is 11.9 Å². The van der Waals surface area contributed by atoms with Gasteiger partial charge in [-0.2, -0.15) is 0 Å². The highest BCUT2D eigenvalue weighted by molar-refractivity contribution is 5.92. The molecule has 1 amide bonds. The van der Waals surface area contributed by atoms with E-state index in [-0.39, 0.29) is 24.4 Å². The van der Waals surface area contributed by atoms with Crippen molar-refractivity contribution in [3.05, 3.63) is 24.3 Å². The molecule has 0 aromatic heterocycles. The van der Waals surface area contributed by atoms with Crippen LogP contribution in [0.1, 0.15) is 26.7 Å². The van der Waals surface area contributed by atoms with Gasteiger partial charge in [0.2, 0.25) is 5.91 Å². The second-order valence-electron chi connectivity index (χ2n) is 4.07. The summed E-state index contributed by atoms with van der Waals surface area (Å²) in [6.07, 6.45) is 1.24. The van der Waals surface area contributed by atoms with E-state index in [0.717, 1.165) is 6.42 Å². The molecule has 0 bridgehead atoms. The molecular formula is C13H21ClN2O2. The Kier molecular flexibility index (Phi) is 8.16. The second-order valence-corrected chi connectivity index (χ2v) is 4.07. The molecule has 3 N–H and O–H groups in total. The first-order valence-corrected chi connectivity index (χ1v) is 5.90. The second kappa shape index (κ2) is 8.78. The lowest BCUT2D eigenvalue weighted by atomic mass is 10.2. The zero-order valence-corrected chi connectivity index (χ0v) is 11.6. The Morgan fingerprint density at radius 2 is 2.11 bits per heavy atom. The molecule has 1 unspecified atom stereocenters. The number of para-hydroxylation sites is 2. The van der Waals surface area contributed by atoms with Gasteiger partial charge in [0.05, 0.1) is 12.3 Å². The van der Waals surface area contributed by atoms with Crippen LogP contribution in [0, 0.1) is 0 Å². The van der Waals surface area contributed by atoms with Crippen LogP contribution >= 0.6 is 12.4 Å². The van der Waals surface area contributed by atoms with E-state index >= 15 is 0 Å². The van der Waals surface area contributed by atoms with E-state index in [9.17, 15) is 4.79 Å². The molecule has 1 aromatic carbocycles. The van der Waals surface area contributed by atoms with Crippen molar-refractivity contribution in [3.63, 3.8) is 0 Å². The fourth-order valence-corrected chi connectivity index (χ4v) is 1.40. The zero-order valence-electron chi connectivity index (χ0n) is 10.8. The number of rotatable bonds is 6. The molecule has 1 aromatic rings. The summed E-state index contributed by atoms with van der Waals surface area (Å²) < 4.78 is 5.55. The van der Waals surface area contributed by atoms with Gasteiger partial charge in [-0.25, -0.2) is 0 Å². The maximum Gasteiger partial charge on any atom is 0.226 e. The Bertz CT molecular complexity index is 370. The van der Waals surface area contributed by atoms with Crippen molar-refractivity contribution < 1.29 is 9.53 Å². The average molecular weight is 273 g/mol. The minimum atomic E-state index is -0.140. The summed E-state index contributed by atoms with van der Waals surface area (Å²) in [6.45, 7) is 4.48. The Morgan fingerprint density at radius 3 is 2.72 bits per heavy atom. The smallest absolute Gasteiger partial charge is 0.226 e. The van der Waals surface area contributed by atoms with Crippen LogP contribution in [0.4, 0.5) is 5.69 Å². The number of carbonyl (C=O) groups excluding carboxylic acids is 1. The number of nitrogens with two attached hydrogens (primary N) is 1. The third-order valence-electron chi connectivity index (χ3n) is 2.13. The minimum Gasteiger partial charge on any atom is -0.491 e. The van der Waals surface area contributed by atoms with Crippen LogP contribution in [0.2, 0.25) is 0 Å². The summed E-state index contributed by atoms with van der Waals surface area (Å²) in [7, 11) is 0. The molecule has 0 aliphatic rings. The number of halogens is 1. The van der Waals surface area contributed by atoms with Crippen LogP contribution in [0.15, 0.2) is 24.3 Å². The van der Waals surface area contributed by atoms with Gasteiger partial charge in [-0.15, -0.1) is 12.4 Å². The first-order valence-electron chi connectivity index (χ1n) is 5.90. The first kappa shape index (κ1) is 16.7. The molecular weight excluding hydrogens is 252 g/mol. The lowest BCUT2D eigenvalue weighted by Gasteiger charge is -2.12. The molecule has 1 atom stereocenters. The van der Waals surface area contributed by atoms with Crippen molar-refractivity contribution in [2.24, 2.45) is 5.73 Å². The quantitative estimate of drug-likeness (QED) is 0.837. The van der Waals surface area contributed by atoms with E-state index in [0.29, 0.717) is 24.5 Å². The molecule has 102 valence electrons. The number of carbonyl (C=O) groups is 1. The first-order chi connectivity index (χ1) is 8.13. The SMILES string of the molecule is CCCOc1ccccc1NC(=O)CC(C)N.Cl. The Labute approximate surface area is 114 Å². The van der Waals surface area contributed by atoms with Crippen molar-refractivity contribution >= 4 is 24.0 Å². The zero-order chi connectivity index (χ0) is 12.7. The number of hydrogen-bond donors (Lipinski definition) is 2. The van der Waals surface area contributed by atoms with Gasteiger partial charge < -0.3 is 15.8 Å². The van der Waals surface area contributed by atoms with Crippen LogP contribution in [-0.2, 0) is 4.79 Å². The molecule has 0 aliphatic heterocycles. The molecule has 1 rings (SSSR count). The Balaban J connectivity index is 0.00000289. The van der Waals surface area contributed by atoms with Gasteiger partial charge in [0.15, 0.2) is 0 Å². The lowest BCUT2D eigenvalue weighted by molar-refractivity contribution is -0.116. The van der Waals surface area contributed by atoms with Crippen LogP contribution < -0.4 is 15.8 Å². The molecule has 0 saturated heterocycles. The van der Waals surface area contributed by atoms with Gasteiger partial charge in [0.1, 0.15) is 5.75 Å². The van der Waals surface area contributed by atoms with E-state index in [1.165, 1.54) is 0 Å². The van der Waals surface area contributed by atoms with Gasteiger partial charge in [0.25, 0.3) is 0 Å². The summed E-state index contributed by atoms with van der Waals surface area (Å²) in [5, 5.41) is 2.81. The molecule has 0 radical (unpaired) electrons. The standard InChI is InChI=1S/C13H20N2O2.ClH/c1-3-8-17-12-7-5-4-6-11(12)15-13(16)9-10(2)14;/h4-7,10H,3,8-9,14H2,1-2H3,(H,15,16);1H. The third-order valence-corrected chi connectivity index (χ3v) is 2.13. The van der Waals surface area contributed by atoms with Gasteiger partial charge in [-0.1, -0.05) is 19.1 Å². The predicted molar refractivity (Wildman–Crippen MR) is 76.4 cm³/mol. The maximum atomic E-state index is 11.6. The van der Waals surface area contributed by atoms with Crippen LogP contribution in [0.5, 0.6) is 5.75 Å². The van der Waals surface area contributed by atoms with Gasteiger partial charge in [0, 0.05) is 12.5 Å². The molecule has 5 heteroatoms. The highest BCUT2D eigenvalue weighted by Gasteiger charge is 2.08. The van der Waals surface area contributed by atoms with E-state index in [4.69, 9.17) is 10.5 Å². The number of nitrogens with one attached hydrogen (secondary N) is 1. The number of anilines is 1. The van der Waals surface area contributed by atoms with E-state index in [1.807, 2.05) is 31.2 Å². The van der Waals surface area contributed by atoms with Crippen LogP contribution in [0.3, 0.4) is 0 Å². The van der Waals surface area contributed by atoms with Crippen molar-refractivity contribution in [2.45, 2.75) is 32.7 Å².